The summed E-state index contributed by atoms with van der Waals surface area (Å²) in [5.74, 6) is 1.80. The zero-order chi connectivity index (χ0) is 18.1. The van der Waals surface area contributed by atoms with Crippen LogP contribution in [-0.4, -0.2) is 29.3 Å². The number of nitrogens with one attached hydrogen (secondary N) is 1. The number of fused-ring (bicyclic) bond motifs is 2. The van der Waals surface area contributed by atoms with Crippen LogP contribution in [-0.2, 0) is 22.4 Å². The Morgan fingerprint density at radius 3 is 3.00 bits per heavy atom. The van der Waals surface area contributed by atoms with Gasteiger partial charge < -0.3 is 10.2 Å². The van der Waals surface area contributed by atoms with E-state index in [0.717, 1.165) is 36.6 Å². The van der Waals surface area contributed by atoms with E-state index in [4.69, 9.17) is 0 Å². The number of piperidine rings is 1. The van der Waals surface area contributed by atoms with Crippen molar-refractivity contribution in [1.29, 1.82) is 0 Å². The molecule has 1 saturated heterocycles. The Morgan fingerprint density at radius 1 is 1.27 bits per heavy atom. The molecule has 0 radical (unpaired) electrons. The van der Waals surface area contributed by atoms with Crippen LogP contribution < -0.4 is 5.32 Å². The van der Waals surface area contributed by atoms with Crippen molar-refractivity contribution in [1.82, 2.24) is 4.90 Å². The first-order valence-corrected chi connectivity index (χ1v) is 10.3. The van der Waals surface area contributed by atoms with E-state index in [1.165, 1.54) is 37.7 Å². The highest BCUT2D eigenvalue weighted by Gasteiger charge is 2.37. The highest BCUT2D eigenvalue weighted by Crippen LogP contribution is 2.37. The number of rotatable bonds is 4. The minimum Gasteiger partial charge on any atom is -0.339 e. The molecule has 2 amide bonds. The first kappa shape index (κ1) is 17.6. The maximum absolute atomic E-state index is 12.9. The molecule has 1 saturated carbocycles. The van der Waals surface area contributed by atoms with E-state index in [9.17, 15) is 9.59 Å². The molecule has 3 aliphatic rings. The summed E-state index contributed by atoms with van der Waals surface area (Å²) in [6, 6.07) is 6.70. The van der Waals surface area contributed by atoms with E-state index in [2.05, 4.69) is 29.3 Å². The topological polar surface area (TPSA) is 49.4 Å². The molecule has 2 fully saturated rings. The van der Waals surface area contributed by atoms with Crippen molar-refractivity contribution in [2.45, 2.75) is 70.8 Å². The smallest absolute Gasteiger partial charge is 0.228 e. The van der Waals surface area contributed by atoms with Crippen molar-refractivity contribution in [2.24, 2.45) is 11.8 Å². The van der Waals surface area contributed by atoms with Gasteiger partial charge in [-0.1, -0.05) is 31.9 Å². The summed E-state index contributed by atoms with van der Waals surface area (Å²) in [6.45, 7) is 3.25. The van der Waals surface area contributed by atoms with E-state index >= 15 is 0 Å². The van der Waals surface area contributed by atoms with Gasteiger partial charge in [0.15, 0.2) is 0 Å². The standard InChI is InChI=1S/C22H30N2O2/c1-15-11-17-6-2-3-7-20(17)24(14-15)22(26)8-4-5-16-9-10-19-18(12-16)13-21(25)23-19/h9-10,12,15,17,20H,2-8,11,13-14H2,1H3,(H,23,25). The quantitative estimate of drug-likeness (QED) is 0.890. The zero-order valence-electron chi connectivity index (χ0n) is 15.8. The molecule has 140 valence electrons. The molecular weight excluding hydrogens is 324 g/mol. The fraction of sp³-hybridized carbons (Fsp3) is 0.636. The number of carbonyl (C=O) groups excluding carboxylic acids is 2. The molecule has 1 aromatic rings. The molecule has 1 aliphatic carbocycles. The monoisotopic (exact) mass is 354 g/mol. The molecule has 3 unspecified atom stereocenters. The average Bonchev–Trinajstić information content (AvgIpc) is 3.00. The van der Waals surface area contributed by atoms with Gasteiger partial charge >= 0.3 is 0 Å². The van der Waals surface area contributed by atoms with Crippen molar-refractivity contribution in [3.63, 3.8) is 0 Å². The molecule has 1 aromatic carbocycles. The van der Waals surface area contributed by atoms with E-state index < -0.39 is 0 Å². The lowest BCUT2D eigenvalue weighted by molar-refractivity contribution is -0.139. The van der Waals surface area contributed by atoms with Crippen LogP contribution in [0.5, 0.6) is 0 Å². The maximum Gasteiger partial charge on any atom is 0.228 e. The molecule has 0 spiro atoms. The number of aryl methyl sites for hydroxylation is 1. The largest absolute Gasteiger partial charge is 0.339 e. The summed E-state index contributed by atoms with van der Waals surface area (Å²) in [7, 11) is 0. The SMILES string of the molecule is CC1CC2CCCCC2N(C(=O)CCCc2ccc3c(c2)CC(=O)N3)C1. The predicted molar refractivity (Wildman–Crippen MR) is 103 cm³/mol. The average molecular weight is 354 g/mol. The number of nitrogens with zero attached hydrogens (tertiary/aromatic N) is 1. The number of amides is 2. The molecular formula is C22H30N2O2. The first-order chi connectivity index (χ1) is 12.6. The number of likely N-dealkylation sites (tertiary alicyclic amines) is 1. The Labute approximate surface area is 156 Å². The molecule has 4 rings (SSSR count). The van der Waals surface area contributed by atoms with E-state index in [1.807, 2.05) is 6.07 Å². The summed E-state index contributed by atoms with van der Waals surface area (Å²) in [5, 5.41) is 2.87. The van der Waals surface area contributed by atoms with Crippen LogP contribution in [0.2, 0.25) is 0 Å². The lowest BCUT2D eigenvalue weighted by Crippen LogP contribution is -2.52. The Balaban J connectivity index is 1.32. The van der Waals surface area contributed by atoms with Crippen molar-refractivity contribution >= 4 is 17.5 Å². The van der Waals surface area contributed by atoms with Gasteiger partial charge in [-0.25, -0.2) is 0 Å². The Hall–Kier alpha value is -1.84. The second-order valence-electron chi connectivity index (χ2n) is 8.57. The van der Waals surface area contributed by atoms with Gasteiger partial charge in [-0.15, -0.1) is 0 Å². The summed E-state index contributed by atoms with van der Waals surface area (Å²) in [5.41, 5.74) is 3.27. The highest BCUT2D eigenvalue weighted by atomic mass is 16.2. The lowest BCUT2D eigenvalue weighted by atomic mass is 9.75. The van der Waals surface area contributed by atoms with Gasteiger partial charge in [0, 0.05) is 24.7 Å². The van der Waals surface area contributed by atoms with Crippen LogP contribution >= 0.6 is 0 Å². The molecule has 0 bridgehead atoms. The highest BCUT2D eigenvalue weighted by molar-refractivity contribution is 5.99. The van der Waals surface area contributed by atoms with E-state index in [1.54, 1.807) is 0 Å². The van der Waals surface area contributed by atoms with Crippen molar-refractivity contribution in [3.05, 3.63) is 29.3 Å². The normalized spacial score (nSPS) is 27.7. The fourth-order valence-corrected chi connectivity index (χ4v) is 5.25. The van der Waals surface area contributed by atoms with Gasteiger partial charge in [-0.2, -0.15) is 0 Å². The summed E-state index contributed by atoms with van der Waals surface area (Å²) >= 11 is 0. The number of carbonyl (C=O) groups is 2. The maximum atomic E-state index is 12.9. The number of hydrogen-bond acceptors (Lipinski definition) is 2. The Morgan fingerprint density at radius 2 is 2.12 bits per heavy atom. The van der Waals surface area contributed by atoms with Crippen LogP contribution in [0.3, 0.4) is 0 Å². The van der Waals surface area contributed by atoms with Gasteiger partial charge in [0.25, 0.3) is 0 Å². The zero-order valence-corrected chi connectivity index (χ0v) is 15.8. The fourth-order valence-electron chi connectivity index (χ4n) is 5.25. The minimum atomic E-state index is 0.0774. The lowest BCUT2D eigenvalue weighted by Gasteiger charge is -2.46. The number of hydrogen-bond donors (Lipinski definition) is 1. The van der Waals surface area contributed by atoms with Crippen LogP contribution in [0.4, 0.5) is 5.69 Å². The van der Waals surface area contributed by atoms with Crippen LogP contribution in [0.1, 0.15) is 63.0 Å². The van der Waals surface area contributed by atoms with Gasteiger partial charge in [-0.05, 0) is 61.1 Å². The van der Waals surface area contributed by atoms with Gasteiger partial charge in [0.1, 0.15) is 0 Å². The summed E-state index contributed by atoms with van der Waals surface area (Å²) in [6.07, 6.45) is 9.35. The Bertz CT molecular complexity index is 699. The Kier molecular flexibility index (Phi) is 5.01. The number of benzene rings is 1. The van der Waals surface area contributed by atoms with Gasteiger partial charge in [-0.3, -0.25) is 9.59 Å². The summed E-state index contributed by atoms with van der Waals surface area (Å²) in [4.78, 5) is 26.6. The molecule has 0 aromatic heterocycles. The second kappa shape index (κ2) is 7.42. The van der Waals surface area contributed by atoms with Gasteiger partial charge in [0.05, 0.1) is 6.42 Å². The van der Waals surface area contributed by atoms with E-state index in [0.29, 0.717) is 30.7 Å². The molecule has 2 heterocycles. The van der Waals surface area contributed by atoms with Crippen molar-refractivity contribution < 1.29 is 9.59 Å². The van der Waals surface area contributed by atoms with Gasteiger partial charge in [0.2, 0.25) is 11.8 Å². The minimum absolute atomic E-state index is 0.0774. The third-order valence-corrected chi connectivity index (χ3v) is 6.45. The van der Waals surface area contributed by atoms with Crippen LogP contribution in [0.15, 0.2) is 18.2 Å². The van der Waals surface area contributed by atoms with Crippen LogP contribution in [0.25, 0.3) is 0 Å². The third-order valence-electron chi connectivity index (χ3n) is 6.45. The molecule has 4 nitrogen and oxygen atoms in total. The molecule has 4 heteroatoms. The molecule has 1 N–H and O–H groups in total. The number of anilines is 1. The molecule has 26 heavy (non-hydrogen) atoms. The van der Waals surface area contributed by atoms with Crippen molar-refractivity contribution in [3.8, 4) is 0 Å². The van der Waals surface area contributed by atoms with Crippen LogP contribution in [0, 0.1) is 11.8 Å². The molecule has 3 atom stereocenters. The predicted octanol–water partition coefficient (Wildman–Crippen LogP) is 3.93. The third kappa shape index (κ3) is 3.65. The second-order valence-corrected chi connectivity index (χ2v) is 8.57. The summed E-state index contributed by atoms with van der Waals surface area (Å²) < 4.78 is 0. The molecule has 2 aliphatic heterocycles. The van der Waals surface area contributed by atoms with E-state index in [-0.39, 0.29) is 5.91 Å². The first-order valence-electron chi connectivity index (χ1n) is 10.3. The van der Waals surface area contributed by atoms with Crippen molar-refractivity contribution in [2.75, 3.05) is 11.9 Å².